The molecule has 1 aromatic rings. The zero-order valence-corrected chi connectivity index (χ0v) is 6.50. The summed E-state index contributed by atoms with van der Waals surface area (Å²) in [6, 6.07) is 0. The maximum atomic E-state index is 11.1. The Labute approximate surface area is 65.0 Å². The summed E-state index contributed by atoms with van der Waals surface area (Å²) in [4.78, 5) is 14.9. The molecule has 11 heavy (non-hydrogen) atoms. The molecule has 60 valence electrons. The lowest BCUT2D eigenvalue weighted by Crippen LogP contribution is -2.00. The molecule has 1 rings (SSSR count). The molecule has 4 nitrogen and oxygen atoms in total. The first-order valence-corrected chi connectivity index (χ1v) is 3.73. The van der Waals surface area contributed by atoms with Gasteiger partial charge in [0.15, 0.2) is 11.6 Å². The van der Waals surface area contributed by atoms with E-state index in [1.165, 1.54) is 6.33 Å². The topological polar surface area (TPSA) is 58.6 Å². The number of H-pyrrole nitrogens is 1. The number of carbonyl (C=O) groups is 1. The van der Waals surface area contributed by atoms with Crippen LogP contribution in [0.15, 0.2) is 6.33 Å². The number of unbranched alkanes of at least 4 members (excludes halogenated alkanes) is 1. The lowest BCUT2D eigenvalue weighted by atomic mass is 10.2. The Morgan fingerprint density at radius 1 is 1.73 bits per heavy atom. The van der Waals surface area contributed by atoms with Gasteiger partial charge in [-0.3, -0.25) is 9.89 Å². The van der Waals surface area contributed by atoms with Crippen molar-refractivity contribution in [1.29, 1.82) is 0 Å². The number of nitrogens with one attached hydrogen (secondary N) is 1. The van der Waals surface area contributed by atoms with Gasteiger partial charge in [0.1, 0.15) is 6.33 Å². The number of hydrogen-bond acceptors (Lipinski definition) is 3. The molecule has 0 saturated carbocycles. The average molecular weight is 153 g/mol. The third kappa shape index (κ3) is 2.14. The molecule has 0 aliphatic heterocycles. The van der Waals surface area contributed by atoms with Gasteiger partial charge in [-0.15, -0.1) is 0 Å². The van der Waals surface area contributed by atoms with E-state index in [0.29, 0.717) is 12.2 Å². The molecule has 0 amide bonds. The Kier molecular flexibility index (Phi) is 2.77. The SMILES string of the molecule is CCCCC(=O)c1ncn[nH]1. The van der Waals surface area contributed by atoms with Crippen LogP contribution >= 0.6 is 0 Å². The predicted molar refractivity (Wildman–Crippen MR) is 40.2 cm³/mol. The highest BCUT2D eigenvalue weighted by Gasteiger charge is 2.06. The van der Waals surface area contributed by atoms with Gasteiger partial charge in [0.2, 0.25) is 0 Å². The van der Waals surface area contributed by atoms with E-state index in [1.807, 2.05) is 6.92 Å². The van der Waals surface area contributed by atoms with Crippen LogP contribution in [0.1, 0.15) is 36.8 Å². The van der Waals surface area contributed by atoms with Crippen LogP contribution in [0, 0.1) is 0 Å². The van der Waals surface area contributed by atoms with Crippen molar-refractivity contribution in [3.8, 4) is 0 Å². The number of aromatic amines is 1. The number of hydrogen-bond donors (Lipinski definition) is 1. The molecule has 0 unspecified atom stereocenters. The van der Waals surface area contributed by atoms with Crippen LogP contribution in [-0.2, 0) is 0 Å². The quantitative estimate of drug-likeness (QED) is 0.660. The molecule has 1 N–H and O–H groups in total. The van der Waals surface area contributed by atoms with Crippen LogP contribution in [0.25, 0.3) is 0 Å². The minimum atomic E-state index is 0.0457. The van der Waals surface area contributed by atoms with E-state index in [-0.39, 0.29) is 5.78 Å². The van der Waals surface area contributed by atoms with Crippen molar-refractivity contribution in [3.05, 3.63) is 12.2 Å². The average Bonchev–Trinajstić information content (AvgIpc) is 2.52. The minimum absolute atomic E-state index is 0.0457. The largest absolute Gasteiger partial charge is 0.291 e. The maximum absolute atomic E-state index is 11.1. The summed E-state index contributed by atoms with van der Waals surface area (Å²) in [5.41, 5.74) is 0. The van der Waals surface area contributed by atoms with E-state index in [9.17, 15) is 4.79 Å². The molecular formula is C7H11N3O. The number of carbonyl (C=O) groups excluding carboxylic acids is 1. The molecule has 1 aromatic heterocycles. The second-order valence-electron chi connectivity index (χ2n) is 2.36. The van der Waals surface area contributed by atoms with E-state index in [4.69, 9.17) is 0 Å². The molecule has 4 heteroatoms. The highest BCUT2D eigenvalue weighted by atomic mass is 16.1. The summed E-state index contributed by atoms with van der Waals surface area (Å²) >= 11 is 0. The number of aromatic nitrogens is 3. The smallest absolute Gasteiger partial charge is 0.199 e. The van der Waals surface area contributed by atoms with Crippen molar-refractivity contribution in [3.63, 3.8) is 0 Å². The highest BCUT2D eigenvalue weighted by Crippen LogP contribution is 1.99. The van der Waals surface area contributed by atoms with Gasteiger partial charge in [-0.25, -0.2) is 4.98 Å². The Balaban J connectivity index is 2.43. The van der Waals surface area contributed by atoms with Crippen LogP contribution < -0.4 is 0 Å². The van der Waals surface area contributed by atoms with Crippen LogP contribution in [-0.4, -0.2) is 21.0 Å². The predicted octanol–water partition coefficient (Wildman–Crippen LogP) is 1.18. The molecule has 0 spiro atoms. The summed E-state index contributed by atoms with van der Waals surface area (Å²) in [5, 5.41) is 6.13. The third-order valence-electron chi connectivity index (χ3n) is 1.44. The lowest BCUT2D eigenvalue weighted by Gasteiger charge is -1.92. The first kappa shape index (κ1) is 7.91. The molecule has 0 radical (unpaired) electrons. The fourth-order valence-corrected chi connectivity index (χ4v) is 0.796. The van der Waals surface area contributed by atoms with Gasteiger partial charge in [-0.05, 0) is 6.42 Å². The summed E-state index contributed by atoms with van der Waals surface area (Å²) in [6.07, 6.45) is 3.85. The van der Waals surface area contributed by atoms with E-state index < -0.39 is 0 Å². The van der Waals surface area contributed by atoms with Crippen molar-refractivity contribution in [2.75, 3.05) is 0 Å². The first-order valence-electron chi connectivity index (χ1n) is 3.73. The Bertz CT molecular complexity index is 218. The number of ketones is 1. The number of nitrogens with zero attached hydrogens (tertiary/aromatic N) is 2. The monoisotopic (exact) mass is 153 g/mol. The molecule has 0 fully saturated rings. The second-order valence-corrected chi connectivity index (χ2v) is 2.36. The summed E-state index contributed by atoms with van der Waals surface area (Å²) in [5.74, 6) is 0.419. The minimum Gasteiger partial charge on any atom is -0.291 e. The fraction of sp³-hybridized carbons (Fsp3) is 0.571. The van der Waals surface area contributed by atoms with Crippen molar-refractivity contribution >= 4 is 5.78 Å². The van der Waals surface area contributed by atoms with Crippen LogP contribution in [0.3, 0.4) is 0 Å². The van der Waals surface area contributed by atoms with E-state index in [1.54, 1.807) is 0 Å². The van der Waals surface area contributed by atoms with E-state index >= 15 is 0 Å². The maximum Gasteiger partial charge on any atom is 0.199 e. The van der Waals surface area contributed by atoms with Gasteiger partial charge < -0.3 is 0 Å². The highest BCUT2D eigenvalue weighted by molar-refractivity contribution is 5.92. The summed E-state index contributed by atoms with van der Waals surface area (Å²) < 4.78 is 0. The summed E-state index contributed by atoms with van der Waals surface area (Å²) in [6.45, 7) is 2.05. The molecule has 0 aromatic carbocycles. The van der Waals surface area contributed by atoms with E-state index in [0.717, 1.165) is 12.8 Å². The van der Waals surface area contributed by atoms with Crippen molar-refractivity contribution < 1.29 is 4.79 Å². The number of Topliss-reactive ketones (excluding diaryl/α,β-unsaturated/α-hetero) is 1. The molecular weight excluding hydrogens is 142 g/mol. The van der Waals surface area contributed by atoms with Gasteiger partial charge in [0.25, 0.3) is 0 Å². The normalized spacial score (nSPS) is 9.91. The molecule has 0 aliphatic carbocycles. The van der Waals surface area contributed by atoms with Crippen LogP contribution in [0.2, 0.25) is 0 Å². The van der Waals surface area contributed by atoms with Gasteiger partial charge in [0.05, 0.1) is 0 Å². The molecule has 0 bridgehead atoms. The number of rotatable bonds is 4. The summed E-state index contributed by atoms with van der Waals surface area (Å²) in [7, 11) is 0. The molecule has 0 aliphatic rings. The molecule has 1 heterocycles. The first-order chi connectivity index (χ1) is 5.34. The zero-order valence-electron chi connectivity index (χ0n) is 6.50. The Morgan fingerprint density at radius 2 is 2.55 bits per heavy atom. The third-order valence-corrected chi connectivity index (χ3v) is 1.44. The molecule has 0 saturated heterocycles. The van der Waals surface area contributed by atoms with Crippen LogP contribution in [0.4, 0.5) is 0 Å². The van der Waals surface area contributed by atoms with Gasteiger partial charge in [-0.1, -0.05) is 13.3 Å². The van der Waals surface area contributed by atoms with Crippen molar-refractivity contribution in [2.24, 2.45) is 0 Å². The standard InChI is InChI=1S/C7H11N3O/c1-2-3-4-6(11)7-8-5-9-10-7/h5H,2-4H2,1H3,(H,8,9,10). The van der Waals surface area contributed by atoms with Crippen molar-refractivity contribution in [2.45, 2.75) is 26.2 Å². The second kappa shape index (κ2) is 3.85. The fourth-order valence-electron chi connectivity index (χ4n) is 0.796. The van der Waals surface area contributed by atoms with Crippen LogP contribution in [0.5, 0.6) is 0 Å². The Morgan fingerprint density at radius 3 is 3.09 bits per heavy atom. The van der Waals surface area contributed by atoms with Gasteiger partial charge in [-0.2, -0.15) is 5.10 Å². The lowest BCUT2D eigenvalue weighted by molar-refractivity contribution is 0.0970. The van der Waals surface area contributed by atoms with Gasteiger partial charge in [0, 0.05) is 6.42 Å². The molecule has 0 atom stereocenters. The Hall–Kier alpha value is -1.19. The van der Waals surface area contributed by atoms with Crippen molar-refractivity contribution in [1.82, 2.24) is 15.2 Å². The zero-order chi connectivity index (χ0) is 8.10. The van der Waals surface area contributed by atoms with E-state index in [2.05, 4.69) is 15.2 Å². The van der Waals surface area contributed by atoms with Gasteiger partial charge >= 0.3 is 0 Å².